The predicted molar refractivity (Wildman–Crippen MR) is 72.1 cm³/mol. The van der Waals surface area contributed by atoms with Gasteiger partial charge >= 0.3 is 5.97 Å². The first-order valence-electron chi connectivity index (χ1n) is 5.68. The fourth-order valence-corrected chi connectivity index (χ4v) is 1.85. The Morgan fingerprint density at radius 2 is 1.90 bits per heavy atom. The summed E-state index contributed by atoms with van der Waals surface area (Å²) >= 11 is 5.75. The molecule has 0 radical (unpaired) electrons. The zero-order chi connectivity index (χ0) is 14.7. The van der Waals surface area contributed by atoms with Crippen LogP contribution in [-0.2, 0) is 6.54 Å². The molecule has 0 aliphatic heterocycles. The largest absolute Gasteiger partial charge is 0.478 e. The molecule has 2 aromatic carbocycles. The summed E-state index contributed by atoms with van der Waals surface area (Å²) in [5.41, 5.74) is 1.04. The maximum atomic E-state index is 13.0. The topological polar surface area (TPSA) is 49.3 Å². The highest BCUT2D eigenvalue weighted by atomic mass is 35.5. The summed E-state index contributed by atoms with van der Waals surface area (Å²) in [6.07, 6.45) is 0. The SMILES string of the molecule is O=C(O)c1cc(NCc2ccc(F)c(F)c2)ccc1Cl. The van der Waals surface area contributed by atoms with Crippen LogP contribution in [-0.4, -0.2) is 11.1 Å². The van der Waals surface area contributed by atoms with E-state index in [1.165, 1.54) is 18.2 Å². The van der Waals surface area contributed by atoms with Gasteiger partial charge in [0.1, 0.15) is 0 Å². The van der Waals surface area contributed by atoms with E-state index < -0.39 is 17.6 Å². The Morgan fingerprint density at radius 3 is 2.55 bits per heavy atom. The number of carboxylic acids is 1. The molecule has 0 aliphatic rings. The van der Waals surface area contributed by atoms with Gasteiger partial charge in [-0.05, 0) is 35.9 Å². The van der Waals surface area contributed by atoms with E-state index in [0.717, 1.165) is 12.1 Å². The monoisotopic (exact) mass is 297 g/mol. The summed E-state index contributed by atoms with van der Waals surface area (Å²) < 4.78 is 25.8. The van der Waals surface area contributed by atoms with Gasteiger partial charge in [0.25, 0.3) is 0 Å². The van der Waals surface area contributed by atoms with Gasteiger partial charge in [0.2, 0.25) is 0 Å². The molecule has 3 nitrogen and oxygen atoms in total. The fraction of sp³-hybridized carbons (Fsp3) is 0.0714. The Labute approximate surface area is 118 Å². The summed E-state index contributed by atoms with van der Waals surface area (Å²) in [4.78, 5) is 10.9. The summed E-state index contributed by atoms with van der Waals surface area (Å²) in [6.45, 7) is 0.234. The van der Waals surface area contributed by atoms with Crippen molar-refractivity contribution in [2.24, 2.45) is 0 Å². The van der Waals surface area contributed by atoms with Crippen LogP contribution in [0.2, 0.25) is 5.02 Å². The Hall–Kier alpha value is -2.14. The molecule has 104 valence electrons. The minimum absolute atomic E-state index is 0.0260. The van der Waals surface area contributed by atoms with Gasteiger partial charge in [0.15, 0.2) is 11.6 Å². The van der Waals surface area contributed by atoms with E-state index in [9.17, 15) is 13.6 Å². The molecule has 0 aliphatic carbocycles. The van der Waals surface area contributed by atoms with E-state index in [1.807, 2.05) is 0 Å². The number of carboxylic acid groups (broad SMARTS) is 1. The van der Waals surface area contributed by atoms with Crippen molar-refractivity contribution in [3.8, 4) is 0 Å². The number of rotatable bonds is 4. The molecule has 20 heavy (non-hydrogen) atoms. The number of hydrogen-bond acceptors (Lipinski definition) is 2. The fourth-order valence-electron chi connectivity index (χ4n) is 1.65. The molecule has 0 spiro atoms. The Bertz CT molecular complexity index is 662. The molecule has 2 rings (SSSR count). The molecule has 0 heterocycles. The molecular formula is C14H10ClF2NO2. The third-order valence-electron chi connectivity index (χ3n) is 2.68. The lowest BCUT2D eigenvalue weighted by atomic mass is 10.1. The maximum Gasteiger partial charge on any atom is 0.337 e. The van der Waals surface area contributed by atoms with Crippen molar-refractivity contribution in [1.29, 1.82) is 0 Å². The van der Waals surface area contributed by atoms with Gasteiger partial charge < -0.3 is 10.4 Å². The van der Waals surface area contributed by atoms with Crippen LogP contribution < -0.4 is 5.32 Å². The van der Waals surface area contributed by atoms with Gasteiger partial charge in [0.05, 0.1) is 10.6 Å². The Balaban J connectivity index is 2.12. The second-order valence-corrected chi connectivity index (χ2v) is 4.51. The number of halogens is 3. The molecule has 0 atom stereocenters. The summed E-state index contributed by atoms with van der Waals surface area (Å²) in [6, 6.07) is 8.00. The quantitative estimate of drug-likeness (QED) is 0.899. The number of benzene rings is 2. The summed E-state index contributed by atoms with van der Waals surface area (Å²) in [5, 5.41) is 12.0. The smallest absolute Gasteiger partial charge is 0.337 e. The first-order valence-corrected chi connectivity index (χ1v) is 6.06. The average molecular weight is 298 g/mol. The minimum atomic E-state index is -1.13. The van der Waals surface area contributed by atoms with E-state index in [2.05, 4.69) is 5.32 Å². The van der Waals surface area contributed by atoms with Gasteiger partial charge in [-0.1, -0.05) is 17.7 Å². The van der Waals surface area contributed by atoms with Gasteiger partial charge in [0, 0.05) is 12.2 Å². The van der Waals surface area contributed by atoms with Crippen LogP contribution in [0.1, 0.15) is 15.9 Å². The molecule has 0 aromatic heterocycles. The van der Waals surface area contributed by atoms with Crippen molar-refractivity contribution in [1.82, 2.24) is 0 Å². The molecule has 0 fully saturated rings. The highest BCUT2D eigenvalue weighted by molar-refractivity contribution is 6.33. The lowest BCUT2D eigenvalue weighted by molar-refractivity contribution is 0.0697. The van der Waals surface area contributed by atoms with Gasteiger partial charge in [-0.3, -0.25) is 0 Å². The van der Waals surface area contributed by atoms with Crippen LogP contribution >= 0.6 is 11.6 Å². The van der Waals surface area contributed by atoms with Crippen molar-refractivity contribution >= 4 is 23.3 Å². The highest BCUT2D eigenvalue weighted by Gasteiger charge is 2.09. The number of nitrogens with one attached hydrogen (secondary N) is 1. The van der Waals surface area contributed by atoms with Crippen LogP contribution in [0.5, 0.6) is 0 Å². The normalized spacial score (nSPS) is 10.3. The molecular weight excluding hydrogens is 288 g/mol. The molecule has 0 bridgehead atoms. The maximum absolute atomic E-state index is 13.0. The molecule has 0 saturated heterocycles. The summed E-state index contributed by atoms with van der Waals surface area (Å²) in [7, 11) is 0. The van der Waals surface area contributed by atoms with Crippen LogP contribution in [0.3, 0.4) is 0 Å². The minimum Gasteiger partial charge on any atom is -0.478 e. The molecule has 0 saturated carbocycles. The summed E-state index contributed by atoms with van der Waals surface area (Å²) in [5.74, 6) is -2.97. The molecule has 6 heteroatoms. The third kappa shape index (κ3) is 3.24. The van der Waals surface area contributed by atoms with Crippen molar-refractivity contribution in [3.05, 3.63) is 64.2 Å². The van der Waals surface area contributed by atoms with Gasteiger partial charge in [-0.15, -0.1) is 0 Å². The lowest BCUT2D eigenvalue weighted by Gasteiger charge is -2.08. The molecule has 2 N–H and O–H groups in total. The second-order valence-electron chi connectivity index (χ2n) is 4.10. The van der Waals surface area contributed by atoms with Crippen LogP contribution in [0, 0.1) is 11.6 Å². The van der Waals surface area contributed by atoms with E-state index in [1.54, 1.807) is 6.07 Å². The zero-order valence-electron chi connectivity index (χ0n) is 10.2. The second kappa shape index (κ2) is 5.88. The number of carbonyl (C=O) groups is 1. The highest BCUT2D eigenvalue weighted by Crippen LogP contribution is 2.21. The first-order chi connectivity index (χ1) is 9.47. The van der Waals surface area contributed by atoms with Crippen molar-refractivity contribution < 1.29 is 18.7 Å². The molecule has 0 unspecified atom stereocenters. The predicted octanol–water partition coefficient (Wildman–Crippen LogP) is 3.93. The van der Waals surface area contributed by atoms with Gasteiger partial charge in [-0.25, -0.2) is 13.6 Å². The number of hydrogen-bond donors (Lipinski definition) is 2. The van der Waals surface area contributed by atoms with Crippen LogP contribution in [0.4, 0.5) is 14.5 Å². The van der Waals surface area contributed by atoms with E-state index >= 15 is 0 Å². The number of aromatic carboxylic acids is 1. The number of anilines is 1. The average Bonchev–Trinajstić information content (AvgIpc) is 2.41. The zero-order valence-corrected chi connectivity index (χ0v) is 10.9. The van der Waals surface area contributed by atoms with E-state index in [4.69, 9.17) is 16.7 Å². The Morgan fingerprint density at radius 1 is 1.15 bits per heavy atom. The van der Waals surface area contributed by atoms with Crippen molar-refractivity contribution in [2.75, 3.05) is 5.32 Å². The van der Waals surface area contributed by atoms with Crippen molar-refractivity contribution in [2.45, 2.75) is 6.54 Å². The van der Waals surface area contributed by atoms with Gasteiger partial charge in [-0.2, -0.15) is 0 Å². The molecule has 0 amide bonds. The lowest BCUT2D eigenvalue weighted by Crippen LogP contribution is -2.03. The first kappa shape index (κ1) is 14.3. The van der Waals surface area contributed by atoms with Crippen LogP contribution in [0.15, 0.2) is 36.4 Å². The van der Waals surface area contributed by atoms with Crippen LogP contribution in [0.25, 0.3) is 0 Å². The molecule has 2 aromatic rings. The Kier molecular flexibility index (Phi) is 4.20. The van der Waals surface area contributed by atoms with E-state index in [-0.39, 0.29) is 17.1 Å². The van der Waals surface area contributed by atoms with E-state index in [0.29, 0.717) is 11.3 Å². The standard InChI is InChI=1S/C14H10ClF2NO2/c15-11-3-2-9(6-10(11)14(19)20)18-7-8-1-4-12(16)13(17)5-8/h1-6,18H,7H2,(H,19,20). The van der Waals surface area contributed by atoms with Crippen molar-refractivity contribution in [3.63, 3.8) is 0 Å². The third-order valence-corrected chi connectivity index (χ3v) is 3.01.